The molecule has 1 aliphatic rings. The largest absolute Gasteiger partial charge is 0.340 e. The van der Waals surface area contributed by atoms with Gasteiger partial charge in [-0.2, -0.15) is 4.98 Å². The number of carbonyl (C=O) groups excluding carboxylic acids is 2. The van der Waals surface area contributed by atoms with Gasteiger partial charge in [-0.15, -0.1) is 0 Å². The van der Waals surface area contributed by atoms with Crippen molar-refractivity contribution in [3.8, 4) is 0 Å². The number of aryl methyl sites for hydroxylation is 1. The van der Waals surface area contributed by atoms with Crippen molar-refractivity contribution in [2.45, 2.75) is 53.0 Å². The summed E-state index contributed by atoms with van der Waals surface area (Å²) in [7, 11) is 0. The van der Waals surface area contributed by atoms with Gasteiger partial charge in [-0.1, -0.05) is 25.9 Å². The van der Waals surface area contributed by atoms with Crippen molar-refractivity contribution < 1.29 is 14.1 Å². The van der Waals surface area contributed by atoms with Gasteiger partial charge in [0.2, 0.25) is 11.8 Å². The molecule has 1 unspecified atom stereocenters. The Labute approximate surface area is 137 Å². The molecule has 1 aromatic heterocycles. The fourth-order valence-corrected chi connectivity index (χ4v) is 2.85. The second kappa shape index (κ2) is 7.57. The first-order chi connectivity index (χ1) is 10.9. The summed E-state index contributed by atoms with van der Waals surface area (Å²) in [6.45, 7) is 9.32. The fraction of sp³-hybridized carbons (Fsp3) is 0.750. The van der Waals surface area contributed by atoms with Crippen molar-refractivity contribution in [1.29, 1.82) is 0 Å². The summed E-state index contributed by atoms with van der Waals surface area (Å²) in [6.07, 6.45) is 1.69. The molecule has 23 heavy (non-hydrogen) atoms. The van der Waals surface area contributed by atoms with E-state index in [1.807, 2.05) is 25.7 Å². The summed E-state index contributed by atoms with van der Waals surface area (Å²) in [5.74, 6) is 1.42. The van der Waals surface area contributed by atoms with Gasteiger partial charge in [-0.25, -0.2) is 0 Å². The van der Waals surface area contributed by atoms with Crippen molar-refractivity contribution in [3.05, 3.63) is 11.7 Å². The molecule has 7 heteroatoms. The molecule has 0 spiro atoms. The summed E-state index contributed by atoms with van der Waals surface area (Å²) in [5.41, 5.74) is 0. The molecule has 0 saturated carbocycles. The van der Waals surface area contributed by atoms with Crippen molar-refractivity contribution >= 4 is 11.8 Å². The normalized spacial score (nSPS) is 19.1. The first-order valence-corrected chi connectivity index (χ1v) is 8.29. The third-order valence-corrected chi connectivity index (χ3v) is 3.98. The van der Waals surface area contributed by atoms with Crippen LogP contribution in [-0.2, 0) is 9.59 Å². The van der Waals surface area contributed by atoms with Gasteiger partial charge in [0.15, 0.2) is 5.82 Å². The number of aromatic nitrogens is 2. The van der Waals surface area contributed by atoms with Gasteiger partial charge in [0.05, 0.1) is 6.54 Å². The molecule has 0 aromatic carbocycles. The predicted molar refractivity (Wildman–Crippen MR) is 84.4 cm³/mol. The van der Waals surface area contributed by atoms with Gasteiger partial charge < -0.3 is 14.3 Å². The Morgan fingerprint density at radius 3 is 2.61 bits per heavy atom. The molecule has 0 radical (unpaired) electrons. The average Bonchev–Trinajstić information content (AvgIpc) is 2.80. The summed E-state index contributed by atoms with van der Waals surface area (Å²) in [4.78, 5) is 32.6. The minimum atomic E-state index is -0.359. The number of carbonyl (C=O) groups is 2. The van der Waals surface area contributed by atoms with Crippen molar-refractivity contribution in [2.24, 2.45) is 5.92 Å². The number of hydrogen-bond donors (Lipinski definition) is 0. The number of nitrogens with zero attached hydrogens (tertiary/aromatic N) is 4. The van der Waals surface area contributed by atoms with Crippen LogP contribution in [0.3, 0.4) is 0 Å². The summed E-state index contributed by atoms with van der Waals surface area (Å²) in [5, 5.41) is 3.83. The van der Waals surface area contributed by atoms with E-state index in [1.54, 1.807) is 11.8 Å². The van der Waals surface area contributed by atoms with Gasteiger partial charge in [0.1, 0.15) is 6.04 Å². The molecular formula is C16H26N4O3. The minimum Gasteiger partial charge on any atom is -0.340 e. The Morgan fingerprint density at radius 2 is 2.04 bits per heavy atom. The predicted octanol–water partition coefficient (Wildman–Crippen LogP) is 1.94. The molecule has 1 aliphatic heterocycles. The summed E-state index contributed by atoms with van der Waals surface area (Å²) in [6, 6.07) is -0.359. The zero-order valence-corrected chi connectivity index (χ0v) is 14.4. The maximum absolute atomic E-state index is 12.4. The maximum Gasteiger partial charge on any atom is 0.251 e. The first-order valence-electron chi connectivity index (χ1n) is 8.29. The van der Waals surface area contributed by atoms with Crippen LogP contribution in [0.4, 0.5) is 0 Å². The number of rotatable bonds is 4. The van der Waals surface area contributed by atoms with Crippen LogP contribution in [0.25, 0.3) is 0 Å². The topological polar surface area (TPSA) is 79.5 Å². The lowest BCUT2D eigenvalue weighted by molar-refractivity contribution is -0.136. The lowest BCUT2D eigenvalue weighted by atomic mass is 10.1. The standard InChI is InChI=1S/C16H26N4O3/c1-5-14(21)20-8-6-7-19(15(22)9-11(2)3)10-13(20)16-17-12(4)18-23-16/h11,13H,5-10H2,1-4H3. The minimum absolute atomic E-state index is 0.0454. The van der Waals surface area contributed by atoms with Gasteiger partial charge in [0.25, 0.3) is 5.89 Å². The third-order valence-electron chi connectivity index (χ3n) is 3.98. The summed E-state index contributed by atoms with van der Waals surface area (Å²) < 4.78 is 5.30. The van der Waals surface area contributed by atoms with Crippen LogP contribution in [0, 0.1) is 12.8 Å². The van der Waals surface area contributed by atoms with Gasteiger partial charge in [0, 0.05) is 25.9 Å². The van der Waals surface area contributed by atoms with E-state index in [1.165, 1.54) is 0 Å². The van der Waals surface area contributed by atoms with Gasteiger partial charge in [-0.05, 0) is 19.3 Å². The van der Waals surface area contributed by atoms with Crippen LogP contribution in [0.5, 0.6) is 0 Å². The van der Waals surface area contributed by atoms with Crippen LogP contribution in [-0.4, -0.2) is 51.4 Å². The van der Waals surface area contributed by atoms with Crippen molar-refractivity contribution in [1.82, 2.24) is 19.9 Å². The molecule has 1 fully saturated rings. The van der Waals surface area contributed by atoms with Crippen LogP contribution < -0.4 is 0 Å². The van der Waals surface area contributed by atoms with E-state index in [-0.39, 0.29) is 17.9 Å². The average molecular weight is 322 g/mol. The van der Waals surface area contributed by atoms with Crippen LogP contribution in [0.2, 0.25) is 0 Å². The van der Waals surface area contributed by atoms with E-state index in [0.717, 1.165) is 6.42 Å². The zero-order chi connectivity index (χ0) is 17.0. The monoisotopic (exact) mass is 322 g/mol. The second-order valence-corrected chi connectivity index (χ2v) is 6.43. The van der Waals surface area contributed by atoms with Crippen molar-refractivity contribution in [2.75, 3.05) is 19.6 Å². The molecule has 1 aromatic rings. The van der Waals surface area contributed by atoms with Crippen molar-refractivity contribution in [3.63, 3.8) is 0 Å². The van der Waals surface area contributed by atoms with Gasteiger partial charge in [-0.3, -0.25) is 9.59 Å². The Morgan fingerprint density at radius 1 is 1.30 bits per heavy atom. The molecule has 0 bridgehead atoms. The molecule has 1 saturated heterocycles. The van der Waals surface area contributed by atoms with E-state index in [2.05, 4.69) is 10.1 Å². The second-order valence-electron chi connectivity index (χ2n) is 6.43. The Kier molecular flexibility index (Phi) is 5.74. The fourth-order valence-electron chi connectivity index (χ4n) is 2.85. The lowest BCUT2D eigenvalue weighted by Crippen LogP contribution is -2.40. The number of hydrogen-bond acceptors (Lipinski definition) is 5. The van der Waals surface area contributed by atoms with E-state index in [9.17, 15) is 9.59 Å². The molecular weight excluding hydrogens is 296 g/mol. The highest BCUT2D eigenvalue weighted by molar-refractivity contribution is 5.78. The Bertz CT molecular complexity index is 555. The quantitative estimate of drug-likeness (QED) is 0.846. The summed E-state index contributed by atoms with van der Waals surface area (Å²) >= 11 is 0. The van der Waals surface area contributed by atoms with E-state index < -0.39 is 0 Å². The smallest absolute Gasteiger partial charge is 0.251 e. The Balaban J connectivity index is 2.24. The SMILES string of the molecule is CCC(=O)N1CCCN(C(=O)CC(C)C)CC1c1nc(C)no1. The first kappa shape index (κ1) is 17.4. The molecule has 1 atom stereocenters. The molecule has 0 N–H and O–H groups in total. The molecule has 2 amide bonds. The highest BCUT2D eigenvalue weighted by Gasteiger charge is 2.34. The Hall–Kier alpha value is -1.92. The van der Waals surface area contributed by atoms with E-state index in [4.69, 9.17) is 4.52 Å². The van der Waals surface area contributed by atoms with Crippen LogP contribution >= 0.6 is 0 Å². The number of amides is 2. The molecule has 128 valence electrons. The van der Waals surface area contributed by atoms with E-state index >= 15 is 0 Å². The third kappa shape index (κ3) is 4.30. The molecule has 2 heterocycles. The van der Waals surface area contributed by atoms with Crippen LogP contribution in [0.1, 0.15) is 57.8 Å². The molecule has 0 aliphatic carbocycles. The highest BCUT2D eigenvalue weighted by Crippen LogP contribution is 2.25. The highest BCUT2D eigenvalue weighted by atomic mass is 16.5. The molecule has 7 nitrogen and oxygen atoms in total. The zero-order valence-electron chi connectivity index (χ0n) is 14.4. The van der Waals surface area contributed by atoms with Gasteiger partial charge >= 0.3 is 0 Å². The van der Waals surface area contributed by atoms with Crippen LogP contribution in [0.15, 0.2) is 4.52 Å². The van der Waals surface area contributed by atoms with E-state index in [0.29, 0.717) is 50.1 Å². The maximum atomic E-state index is 12.4. The molecule has 2 rings (SSSR count). The lowest BCUT2D eigenvalue weighted by Gasteiger charge is -2.29.